The zero-order chi connectivity index (χ0) is 36.9. The van der Waals surface area contributed by atoms with E-state index in [1.807, 2.05) is 27.7 Å². The highest BCUT2D eigenvalue weighted by Gasteiger charge is 2.44. The van der Waals surface area contributed by atoms with Crippen LogP contribution < -0.4 is 0 Å². The molecule has 5 atom stereocenters. The Balaban J connectivity index is 1.83. The molecule has 1 aromatic rings. The van der Waals surface area contributed by atoms with Crippen molar-refractivity contribution in [2.24, 2.45) is 16.1 Å². The van der Waals surface area contributed by atoms with E-state index in [0.717, 1.165) is 6.42 Å². The largest absolute Gasteiger partial charge is 0.300 e. The molecule has 0 aromatic carbocycles. The summed E-state index contributed by atoms with van der Waals surface area (Å²) in [6.45, 7) is 8.82. The SMILES string of the molecule is CC1CC(N(CCCCS(=O)(=O)O)CCCCS(=O)(=O)O)CCC1N=Nc1c(C#N)c(C(C)(C)C)nn1C1C(Cl)CC(S(=O)(=O)O)CC1Cl. The lowest BCUT2D eigenvalue weighted by Gasteiger charge is -2.39. The third-order valence-electron chi connectivity index (χ3n) is 9.24. The maximum atomic E-state index is 11.9. The summed E-state index contributed by atoms with van der Waals surface area (Å²) in [5.74, 6) is -0.478. The highest BCUT2D eigenvalue weighted by atomic mass is 35.5. The molecule has 0 radical (unpaired) electrons. The van der Waals surface area contributed by atoms with Crippen LogP contribution in [-0.2, 0) is 35.8 Å². The molecule has 2 saturated carbocycles. The van der Waals surface area contributed by atoms with E-state index < -0.39 is 57.8 Å². The van der Waals surface area contributed by atoms with Crippen LogP contribution in [0.4, 0.5) is 5.82 Å². The summed E-state index contributed by atoms with van der Waals surface area (Å²) in [4.78, 5) is 2.19. The number of aromatic nitrogens is 2. The van der Waals surface area contributed by atoms with Crippen LogP contribution in [0.5, 0.6) is 0 Å². The second-order valence-electron chi connectivity index (χ2n) is 14.2. The van der Waals surface area contributed by atoms with Gasteiger partial charge in [-0.15, -0.1) is 28.3 Å². The molecule has 0 bridgehead atoms. The molecule has 20 heteroatoms. The van der Waals surface area contributed by atoms with Crippen molar-refractivity contribution >= 4 is 59.4 Å². The van der Waals surface area contributed by atoms with Crippen molar-refractivity contribution in [3.63, 3.8) is 0 Å². The Labute approximate surface area is 300 Å². The molecule has 0 amide bonds. The number of rotatable bonds is 15. The molecule has 1 aromatic heterocycles. The third kappa shape index (κ3) is 12.3. The predicted octanol–water partition coefficient (Wildman–Crippen LogP) is 5.14. The molecule has 280 valence electrons. The average Bonchev–Trinajstić information content (AvgIpc) is 3.32. The molecule has 2 aliphatic rings. The van der Waals surface area contributed by atoms with Gasteiger partial charge in [0.2, 0.25) is 0 Å². The van der Waals surface area contributed by atoms with E-state index in [2.05, 4.69) is 21.2 Å². The van der Waals surface area contributed by atoms with Gasteiger partial charge in [-0.05, 0) is 76.8 Å². The summed E-state index contributed by atoms with van der Waals surface area (Å²) >= 11 is 13.4. The molecule has 3 rings (SSSR count). The number of azo groups is 1. The molecule has 0 spiro atoms. The Morgan fingerprint density at radius 2 is 1.45 bits per heavy atom. The fourth-order valence-electron chi connectivity index (χ4n) is 6.67. The highest BCUT2D eigenvalue weighted by Crippen LogP contribution is 2.43. The van der Waals surface area contributed by atoms with Crippen LogP contribution in [0, 0.1) is 17.2 Å². The maximum absolute atomic E-state index is 11.9. The maximum Gasteiger partial charge on any atom is 0.267 e. The van der Waals surface area contributed by atoms with Gasteiger partial charge >= 0.3 is 0 Å². The predicted molar refractivity (Wildman–Crippen MR) is 187 cm³/mol. The van der Waals surface area contributed by atoms with Gasteiger partial charge in [0.25, 0.3) is 30.4 Å². The Kier molecular flexibility index (Phi) is 14.5. The zero-order valence-electron chi connectivity index (χ0n) is 28.2. The minimum Gasteiger partial charge on any atom is -0.300 e. The molecular weight excluding hydrogens is 743 g/mol. The van der Waals surface area contributed by atoms with Gasteiger partial charge in [-0.1, -0.05) is 27.7 Å². The minimum atomic E-state index is -4.37. The van der Waals surface area contributed by atoms with E-state index in [4.69, 9.17) is 37.4 Å². The topological polar surface area (TPSA) is 233 Å². The molecular formula is C29H48Cl2N6O9S3. The second-order valence-corrected chi connectivity index (χ2v) is 20.2. The van der Waals surface area contributed by atoms with Gasteiger partial charge in [-0.3, -0.25) is 13.7 Å². The van der Waals surface area contributed by atoms with E-state index in [1.165, 1.54) is 4.68 Å². The Hall–Kier alpha value is -1.43. The van der Waals surface area contributed by atoms with Crippen molar-refractivity contribution in [1.29, 1.82) is 5.26 Å². The summed E-state index contributed by atoms with van der Waals surface area (Å²) in [7, 11) is -12.5. The molecule has 1 heterocycles. The van der Waals surface area contributed by atoms with E-state index in [1.54, 1.807) is 0 Å². The zero-order valence-corrected chi connectivity index (χ0v) is 32.2. The van der Waals surface area contributed by atoms with Crippen molar-refractivity contribution in [2.45, 2.75) is 125 Å². The van der Waals surface area contributed by atoms with Crippen LogP contribution in [0.15, 0.2) is 10.2 Å². The van der Waals surface area contributed by atoms with E-state index in [-0.39, 0.29) is 66.6 Å². The normalized spacial score (nSPS) is 27.5. The Bertz CT molecular complexity index is 1640. The molecule has 49 heavy (non-hydrogen) atoms. The number of nitrogens with zero attached hydrogens (tertiary/aromatic N) is 6. The van der Waals surface area contributed by atoms with Crippen molar-refractivity contribution in [3.8, 4) is 6.07 Å². The van der Waals surface area contributed by atoms with Crippen LogP contribution in [0.2, 0.25) is 0 Å². The summed E-state index contributed by atoms with van der Waals surface area (Å²) in [5, 5.41) is 21.4. The fourth-order valence-corrected chi connectivity index (χ4v) is 9.99. The van der Waals surface area contributed by atoms with Gasteiger partial charge in [-0.25, -0.2) is 4.68 Å². The highest BCUT2D eigenvalue weighted by molar-refractivity contribution is 7.86. The molecule has 0 saturated heterocycles. The van der Waals surface area contributed by atoms with Crippen molar-refractivity contribution in [1.82, 2.24) is 14.7 Å². The monoisotopic (exact) mass is 790 g/mol. The first-order chi connectivity index (χ1) is 22.5. The Morgan fingerprint density at radius 1 is 0.918 bits per heavy atom. The van der Waals surface area contributed by atoms with E-state index in [9.17, 15) is 35.1 Å². The summed E-state index contributed by atoms with van der Waals surface area (Å²) in [6.07, 6.45) is 3.50. The van der Waals surface area contributed by atoms with Crippen LogP contribution in [-0.4, -0.2) is 106 Å². The van der Waals surface area contributed by atoms with Crippen molar-refractivity contribution in [3.05, 3.63) is 11.3 Å². The van der Waals surface area contributed by atoms with E-state index >= 15 is 0 Å². The van der Waals surface area contributed by atoms with Gasteiger partial charge in [0.15, 0.2) is 5.82 Å². The quantitative estimate of drug-likeness (QED) is 0.0908. The fraction of sp³-hybridized carbons (Fsp3) is 0.862. The molecule has 2 fully saturated rings. The lowest BCUT2D eigenvalue weighted by atomic mass is 9.82. The lowest BCUT2D eigenvalue weighted by molar-refractivity contribution is 0.120. The number of hydrogen-bond donors (Lipinski definition) is 3. The van der Waals surface area contributed by atoms with Gasteiger partial charge in [0.05, 0.1) is 45.3 Å². The first kappa shape index (κ1) is 42.0. The van der Waals surface area contributed by atoms with E-state index in [0.29, 0.717) is 44.5 Å². The smallest absolute Gasteiger partial charge is 0.267 e. The first-order valence-corrected chi connectivity index (χ1v) is 21.9. The average molecular weight is 792 g/mol. The van der Waals surface area contributed by atoms with Crippen LogP contribution >= 0.6 is 23.2 Å². The molecule has 3 N–H and O–H groups in total. The van der Waals surface area contributed by atoms with Crippen LogP contribution in [0.3, 0.4) is 0 Å². The molecule has 15 nitrogen and oxygen atoms in total. The van der Waals surface area contributed by atoms with Gasteiger partial charge in [0, 0.05) is 11.5 Å². The number of hydrogen-bond acceptors (Lipinski definition) is 11. The minimum absolute atomic E-state index is 0.0383. The first-order valence-electron chi connectivity index (χ1n) is 16.3. The molecule has 2 aliphatic carbocycles. The van der Waals surface area contributed by atoms with Gasteiger partial charge in [0.1, 0.15) is 11.6 Å². The van der Waals surface area contributed by atoms with Crippen molar-refractivity contribution < 1.29 is 38.9 Å². The number of halogens is 2. The van der Waals surface area contributed by atoms with Crippen LogP contribution in [0.1, 0.15) is 103 Å². The number of nitriles is 1. The van der Waals surface area contributed by atoms with Gasteiger partial charge < -0.3 is 4.90 Å². The van der Waals surface area contributed by atoms with Crippen molar-refractivity contribution in [2.75, 3.05) is 24.6 Å². The lowest BCUT2D eigenvalue weighted by Crippen LogP contribution is -2.43. The summed E-state index contributed by atoms with van der Waals surface area (Å²) in [6, 6.07) is 1.35. The second kappa shape index (κ2) is 16.9. The standard InChI is InChI=1S/C29H48Cl2N6O9S3/c1-19-15-20(36(11-5-7-13-47(38,39)40)12-6-8-14-48(41,42)43)9-10-25(19)33-34-28-22(18-32)27(29(2,3)4)35-37(28)26-23(30)16-21(17-24(26)31)49(44,45)46/h19-21,23-26H,5-17H2,1-4H3,(H,38,39,40)(H,41,42,43)(H,44,45,46). The molecule has 5 unspecified atom stereocenters. The van der Waals surface area contributed by atoms with Crippen LogP contribution in [0.25, 0.3) is 0 Å². The third-order valence-corrected chi connectivity index (χ3v) is 12.9. The number of alkyl halides is 2. The Morgan fingerprint density at radius 3 is 1.88 bits per heavy atom. The van der Waals surface area contributed by atoms with Gasteiger partial charge in [-0.2, -0.15) is 40.7 Å². The molecule has 0 aliphatic heterocycles. The number of unbranched alkanes of at least 4 members (excludes halogenated alkanes) is 2. The summed E-state index contributed by atoms with van der Waals surface area (Å²) < 4.78 is 97.8. The summed E-state index contributed by atoms with van der Waals surface area (Å²) in [5.41, 5.74) is 0.111.